The van der Waals surface area contributed by atoms with E-state index in [1.807, 2.05) is 49.0 Å². The summed E-state index contributed by atoms with van der Waals surface area (Å²) in [7, 11) is 0. The average Bonchev–Trinajstić information content (AvgIpc) is 2.33. The second-order valence-corrected chi connectivity index (χ2v) is 4.52. The van der Waals surface area contributed by atoms with Gasteiger partial charge in [-0.3, -0.25) is 4.79 Å². The first-order chi connectivity index (χ1) is 8.22. The number of allylic oxidation sites excluding steroid dienone is 1. The fourth-order valence-electron chi connectivity index (χ4n) is 1.22. The van der Waals surface area contributed by atoms with Crippen molar-refractivity contribution in [1.29, 1.82) is 0 Å². The van der Waals surface area contributed by atoms with E-state index in [2.05, 4.69) is 6.08 Å². The van der Waals surface area contributed by atoms with Gasteiger partial charge in [0, 0.05) is 11.5 Å². The van der Waals surface area contributed by atoms with E-state index in [0.717, 1.165) is 11.5 Å². The Morgan fingerprint density at radius 2 is 2.35 bits per heavy atom. The Morgan fingerprint density at radius 3 is 3.06 bits per heavy atom. The lowest BCUT2D eigenvalue weighted by molar-refractivity contribution is -0.119. The third-order valence-electron chi connectivity index (χ3n) is 2.00. The quantitative estimate of drug-likeness (QED) is 0.598. The van der Waals surface area contributed by atoms with Crippen LogP contribution in [0.2, 0.25) is 0 Å². The summed E-state index contributed by atoms with van der Waals surface area (Å²) >= 11 is 1.83. The molecule has 17 heavy (non-hydrogen) atoms. The molecule has 0 aliphatic heterocycles. The van der Waals surface area contributed by atoms with Crippen molar-refractivity contribution >= 4 is 17.7 Å². The second kappa shape index (κ2) is 7.79. The Morgan fingerprint density at radius 1 is 1.53 bits per heavy atom. The highest BCUT2D eigenvalue weighted by Gasteiger charge is 1.99. The van der Waals surface area contributed by atoms with E-state index in [1.54, 1.807) is 0 Å². The molecule has 1 aromatic carbocycles. The number of ether oxygens (including phenoxy) is 1. The van der Waals surface area contributed by atoms with Crippen LogP contribution in [-0.2, 0) is 10.5 Å². The first-order valence-corrected chi connectivity index (χ1v) is 6.57. The zero-order valence-electron chi connectivity index (χ0n) is 9.89. The molecule has 0 heterocycles. The summed E-state index contributed by atoms with van der Waals surface area (Å²) < 4.78 is 5.24. The van der Waals surface area contributed by atoms with Gasteiger partial charge in [0.1, 0.15) is 5.75 Å². The predicted octanol–water partition coefficient (Wildman–Crippen LogP) is 2.36. The molecule has 0 aliphatic rings. The number of amides is 1. The van der Waals surface area contributed by atoms with Crippen LogP contribution in [0.1, 0.15) is 12.5 Å². The lowest BCUT2D eigenvalue weighted by Gasteiger charge is -2.05. The van der Waals surface area contributed by atoms with E-state index >= 15 is 0 Å². The van der Waals surface area contributed by atoms with E-state index in [1.165, 1.54) is 5.56 Å². The van der Waals surface area contributed by atoms with Gasteiger partial charge in [0.2, 0.25) is 0 Å². The molecule has 0 fully saturated rings. The predicted molar refractivity (Wildman–Crippen MR) is 72.1 cm³/mol. The molecule has 1 aromatic rings. The molecule has 1 rings (SSSR count). The molecule has 2 N–H and O–H groups in total. The van der Waals surface area contributed by atoms with Crippen molar-refractivity contribution in [2.24, 2.45) is 5.73 Å². The van der Waals surface area contributed by atoms with Gasteiger partial charge in [0.15, 0.2) is 6.61 Å². The maximum atomic E-state index is 10.6. The van der Waals surface area contributed by atoms with Crippen molar-refractivity contribution in [3.63, 3.8) is 0 Å². The first kappa shape index (κ1) is 13.6. The molecule has 92 valence electrons. The number of primary amides is 1. The summed E-state index contributed by atoms with van der Waals surface area (Å²) in [6.45, 7) is 1.94. The minimum Gasteiger partial charge on any atom is -0.484 e. The summed E-state index contributed by atoms with van der Waals surface area (Å²) in [6, 6.07) is 7.72. The third kappa shape index (κ3) is 6.02. The Kier molecular flexibility index (Phi) is 6.25. The van der Waals surface area contributed by atoms with Crippen LogP contribution in [0.5, 0.6) is 5.75 Å². The Balaban J connectivity index is 2.44. The van der Waals surface area contributed by atoms with E-state index < -0.39 is 5.91 Å². The number of thioether (sulfide) groups is 1. The van der Waals surface area contributed by atoms with E-state index in [0.29, 0.717) is 5.75 Å². The zero-order valence-corrected chi connectivity index (χ0v) is 10.7. The van der Waals surface area contributed by atoms with Gasteiger partial charge in [0.25, 0.3) is 5.91 Å². The van der Waals surface area contributed by atoms with Crippen molar-refractivity contribution in [1.82, 2.24) is 0 Å². The average molecular weight is 251 g/mol. The van der Waals surface area contributed by atoms with Gasteiger partial charge in [-0.25, -0.2) is 0 Å². The van der Waals surface area contributed by atoms with Crippen LogP contribution in [-0.4, -0.2) is 18.3 Å². The summed E-state index contributed by atoms with van der Waals surface area (Å²) in [4.78, 5) is 10.6. The fourth-order valence-corrected chi connectivity index (χ4v) is 2.08. The standard InChI is InChI=1S/C13H17NO2S/c1-2-3-7-17-10-11-5-4-6-12(8-11)16-9-13(14)15/h2-6,8H,7,9-10H2,1H3,(H2,14,15)/b3-2+. The summed E-state index contributed by atoms with van der Waals surface area (Å²) in [5, 5.41) is 0. The highest BCUT2D eigenvalue weighted by molar-refractivity contribution is 7.98. The fraction of sp³-hybridized carbons (Fsp3) is 0.308. The molecule has 0 radical (unpaired) electrons. The van der Waals surface area contributed by atoms with Crippen LogP contribution in [0.3, 0.4) is 0 Å². The number of carbonyl (C=O) groups is 1. The largest absolute Gasteiger partial charge is 0.484 e. The van der Waals surface area contributed by atoms with E-state index in [4.69, 9.17) is 10.5 Å². The number of hydrogen-bond acceptors (Lipinski definition) is 3. The molecular weight excluding hydrogens is 234 g/mol. The van der Waals surface area contributed by atoms with Crippen LogP contribution in [0.15, 0.2) is 36.4 Å². The topological polar surface area (TPSA) is 52.3 Å². The van der Waals surface area contributed by atoms with Gasteiger partial charge in [-0.1, -0.05) is 24.3 Å². The molecule has 1 amide bonds. The maximum absolute atomic E-state index is 10.6. The number of rotatable bonds is 7. The third-order valence-corrected chi connectivity index (χ3v) is 2.96. The van der Waals surface area contributed by atoms with E-state index in [-0.39, 0.29) is 6.61 Å². The minimum atomic E-state index is -0.460. The molecule has 0 saturated heterocycles. The van der Waals surface area contributed by atoms with Crippen LogP contribution in [0.25, 0.3) is 0 Å². The van der Waals surface area contributed by atoms with Gasteiger partial charge in [-0.2, -0.15) is 11.8 Å². The highest BCUT2D eigenvalue weighted by Crippen LogP contribution is 2.18. The van der Waals surface area contributed by atoms with Crippen LogP contribution in [0, 0.1) is 0 Å². The lowest BCUT2D eigenvalue weighted by Crippen LogP contribution is -2.20. The van der Waals surface area contributed by atoms with Crippen LogP contribution < -0.4 is 10.5 Å². The lowest BCUT2D eigenvalue weighted by atomic mass is 10.2. The molecule has 0 aromatic heterocycles. The van der Waals surface area contributed by atoms with Gasteiger partial charge >= 0.3 is 0 Å². The van der Waals surface area contributed by atoms with Crippen molar-refractivity contribution in [2.45, 2.75) is 12.7 Å². The van der Waals surface area contributed by atoms with Crippen LogP contribution in [0.4, 0.5) is 0 Å². The number of hydrogen-bond donors (Lipinski definition) is 1. The smallest absolute Gasteiger partial charge is 0.255 e. The highest BCUT2D eigenvalue weighted by atomic mass is 32.2. The molecule has 0 spiro atoms. The Hall–Kier alpha value is -1.42. The molecule has 0 unspecified atom stereocenters. The zero-order chi connectivity index (χ0) is 12.5. The van der Waals surface area contributed by atoms with Crippen molar-refractivity contribution in [3.8, 4) is 5.75 Å². The summed E-state index contributed by atoms with van der Waals surface area (Å²) in [5.74, 6) is 2.16. The van der Waals surface area contributed by atoms with Gasteiger partial charge < -0.3 is 10.5 Å². The first-order valence-electron chi connectivity index (χ1n) is 5.41. The number of benzene rings is 1. The second-order valence-electron chi connectivity index (χ2n) is 3.49. The molecular formula is C13H17NO2S. The van der Waals surface area contributed by atoms with Crippen molar-refractivity contribution < 1.29 is 9.53 Å². The minimum absolute atomic E-state index is 0.0742. The molecule has 4 heteroatoms. The maximum Gasteiger partial charge on any atom is 0.255 e. The van der Waals surface area contributed by atoms with Gasteiger partial charge in [0.05, 0.1) is 0 Å². The van der Waals surface area contributed by atoms with Crippen LogP contribution >= 0.6 is 11.8 Å². The molecule has 0 bridgehead atoms. The molecule has 0 aliphatic carbocycles. The SMILES string of the molecule is C/C=C/CSCc1cccc(OCC(N)=O)c1. The Labute approximate surface area is 106 Å². The van der Waals surface area contributed by atoms with Crippen molar-refractivity contribution in [2.75, 3.05) is 12.4 Å². The number of carbonyl (C=O) groups excluding carboxylic acids is 1. The molecule has 0 saturated carbocycles. The number of nitrogens with two attached hydrogens (primary N) is 1. The van der Waals surface area contributed by atoms with E-state index in [9.17, 15) is 4.79 Å². The summed E-state index contributed by atoms with van der Waals surface area (Å²) in [5.41, 5.74) is 6.20. The molecule has 3 nitrogen and oxygen atoms in total. The van der Waals surface area contributed by atoms with Gasteiger partial charge in [-0.15, -0.1) is 0 Å². The monoisotopic (exact) mass is 251 g/mol. The summed E-state index contributed by atoms with van der Waals surface area (Å²) in [6.07, 6.45) is 4.16. The normalized spacial score (nSPS) is 10.6. The van der Waals surface area contributed by atoms with Gasteiger partial charge in [-0.05, 0) is 24.6 Å². The Bertz CT molecular complexity index is 391. The van der Waals surface area contributed by atoms with Crippen molar-refractivity contribution in [3.05, 3.63) is 42.0 Å². The molecule has 0 atom stereocenters.